The summed E-state index contributed by atoms with van der Waals surface area (Å²) in [6.45, 7) is 0.761. The lowest BCUT2D eigenvalue weighted by Crippen LogP contribution is -2.23. The molecule has 1 amide bonds. The third-order valence-electron chi connectivity index (χ3n) is 5.20. The van der Waals surface area contributed by atoms with E-state index in [4.69, 9.17) is 4.74 Å². The smallest absolute Gasteiger partial charge is 0.258 e. The van der Waals surface area contributed by atoms with E-state index < -0.39 is 5.82 Å². The Labute approximate surface area is 182 Å². The number of para-hydroxylation sites is 1. The van der Waals surface area contributed by atoms with E-state index in [0.717, 1.165) is 11.1 Å². The lowest BCUT2D eigenvalue weighted by Gasteiger charge is -2.16. The second-order valence-electron chi connectivity index (χ2n) is 7.26. The van der Waals surface area contributed by atoms with Gasteiger partial charge in [0.15, 0.2) is 17.4 Å². The van der Waals surface area contributed by atoms with Crippen molar-refractivity contribution in [3.63, 3.8) is 0 Å². The molecule has 0 saturated heterocycles. The Morgan fingerprint density at radius 1 is 1.12 bits per heavy atom. The van der Waals surface area contributed by atoms with E-state index >= 15 is 0 Å². The molecule has 0 aliphatic carbocycles. The lowest BCUT2D eigenvalue weighted by atomic mass is 10.1. The van der Waals surface area contributed by atoms with Gasteiger partial charge in [0.2, 0.25) is 0 Å². The van der Waals surface area contributed by atoms with E-state index in [1.807, 2.05) is 30.3 Å². The van der Waals surface area contributed by atoms with Crippen LogP contribution < -0.4 is 4.74 Å². The van der Waals surface area contributed by atoms with Crippen molar-refractivity contribution in [2.45, 2.75) is 13.1 Å². The van der Waals surface area contributed by atoms with Gasteiger partial charge in [0.05, 0.1) is 11.1 Å². The van der Waals surface area contributed by atoms with E-state index in [9.17, 15) is 14.4 Å². The maximum Gasteiger partial charge on any atom is 0.258 e. The molecule has 7 nitrogen and oxygen atoms in total. The summed E-state index contributed by atoms with van der Waals surface area (Å²) in [5.41, 5.74) is 2.09. The van der Waals surface area contributed by atoms with Crippen LogP contribution in [0.1, 0.15) is 27.0 Å². The van der Waals surface area contributed by atoms with Gasteiger partial charge in [0.1, 0.15) is 11.8 Å². The van der Waals surface area contributed by atoms with Gasteiger partial charge < -0.3 is 9.64 Å². The zero-order valence-electron chi connectivity index (χ0n) is 16.8. The van der Waals surface area contributed by atoms with Crippen molar-refractivity contribution in [3.05, 3.63) is 101 Å². The number of hydrogen-bond donors (Lipinski definition) is 0. The Bertz CT molecular complexity index is 1340. The number of carbonyl (C=O) groups is 1. The number of aromatic nitrogens is 3. The predicted molar refractivity (Wildman–Crippen MR) is 113 cm³/mol. The van der Waals surface area contributed by atoms with Crippen LogP contribution in [0.15, 0.2) is 73.2 Å². The number of nitriles is 1. The molecule has 1 aliphatic heterocycles. The van der Waals surface area contributed by atoms with Crippen molar-refractivity contribution in [1.29, 1.82) is 5.26 Å². The van der Waals surface area contributed by atoms with Crippen molar-refractivity contribution in [1.82, 2.24) is 19.7 Å². The van der Waals surface area contributed by atoms with Crippen LogP contribution in [-0.4, -0.2) is 25.6 Å². The highest BCUT2D eigenvalue weighted by Crippen LogP contribution is 2.36. The minimum atomic E-state index is -0.660. The van der Waals surface area contributed by atoms with Gasteiger partial charge >= 0.3 is 0 Å². The Morgan fingerprint density at radius 3 is 2.75 bits per heavy atom. The van der Waals surface area contributed by atoms with Gasteiger partial charge in [-0.25, -0.2) is 14.1 Å². The molecule has 2 aromatic heterocycles. The minimum Gasteiger partial charge on any atom is -0.452 e. The van der Waals surface area contributed by atoms with Crippen LogP contribution in [-0.2, 0) is 13.1 Å². The van der Waals surface area contributed by atoms with Gasteiger partial charge in [0, 0.05) is 31.7 Å². The highest BCUT2D eigenvalue weighted by molar-refractivity contribution is 6.01. The van der Waals surface area contributed by atoms with Crippen LogP contribution in [0.5, 0.6) is 11.5 Å². The topological polar surface area (TPSA) is 84.0 Å². The summed E-state index contributed by atoms with van der Waals surface area (Å²) in [6.07, 6.45) is 5.19. The number of amides is 1. The molecule has 0 unspecified atom stereocenters. The number of carbonyl (C=O) groups excluding carboxylic acids is 1. The van der Waals surface area contributed by atoms with Crippen molar-refractivity contribution < 1.29 is 13.9 Å². The van der Waals surface area contributed by atoms with E-state index in [1.165, 1.54) is 18.2 Å². The lowest BCUT2D eigenvalue weighted by molar-refractivity contribution is 0.0764. The molecule has 0 radical (unpaired) electrons. The standard InChI is InChI=1S/C24H16FN5O2/c25-19-6-1-4-17(12-26)23(19)32-20-7-2-5-18-15-29(24(31)22(18)20)14-16-8-9-21(27-13-16)30-11-3-10-28-30/h1-11,13H,14-15H2. The molecule has 0 saturated carbocycles. The number of rotatable bonds is 5. The van der Waals surface area contributed by atoms with Crippen molar-refractivity contribution in [2.75, 3.05) is 0 Å². The molecule has 3 heterocycles. The van der Waals surface area contributed by atoms with Crippen LogP contribution in [0, 0.1) is 17.1 Å². The molecular formula is C24H16FN5O2. The van der Waals surface area contributed by atoms with Gasteiger partial charge in [0.25, 0.3) is 5.91 Å². The zero-order valence-corrected chi connectivity index (χ0v) is 16.8. The first kappa shape index (κ1) is 19.5. The van der Waals surface area contributed by atoms with Crippen LogP contribution in [0.25, 0.3) is 5.82 Å². The molecule has 32 heavy (non-hydrogen) atoms. The highest BCUT2D eigenvalue weighted by Gasteiger charge is 2.31. The molecule has 0 fully saturated rings. The van der Waals surface area contributed by atoms with E-state index in [1.54, 1.807) is 40.3 Å². The van der Waals surface area contributed by atoms with E-state index in [-0.39, 0.29) is 23.0 Å². The van der Waals surface area contributed by atoms with E-state index in [0.29, 0.717) is 24.5 Å². The first-order chi connectivity index (χ1) is 15.6. The normalized spacial score (nSPS) is 12.5. The van der Waals surface area contributed by atoms with E-state index in [2.05, 4.69) is 10.1 Å². The monoisotopic (exact) mass is 425 g/mol. The third-order valence-corrected chi connectivity index (χ3v) is 5.20. The third kappa shape index (κ3) is 3.46. The maximum absolute atomic E-state index is 14.3. The Morgan fingerprint density at radius 2 is 2.00 bits per heavy atom. The first-order valence-electron chi connectivity index (χ1n) is 9.86. The average molecular weight is 425 g/mol. The Balaban J connectivity index is 1.38. The predicted octanol–water partition coefficient (Wildman–Crippen LogP) is 4.23. The molecule has 0 N–H and O–H groups in total. The molecule has 0 bridgehead atoms. The summed E-state index contributed by atoms with van der Waals surface area (Å²) in [6, 6.07) is 16.8. The van der Waals surface area contributed by atoms with Crippen LogP contribution in [0.3, 0.4) is 0 Å². The van der Waals surface area contributed by atoms with Gasteiger partial charge in [-0.2, -0.15) is 10.4 Å². The summed E-state index contributed by atoms with van der Waals surface area (Å²) < 4.78 is 21.7. The summed E-state index contributed by atoms with van der Waals surface area (Å²) in [5, 5.41) is 13.4. The SMILES string of the molecule is N#Cc1cccc(F)c1Oc1cccc2c1C(=O)N(Cc1ccc(-n3cccn3)nc1)C2. The maximum atomic E-state index is 14.3. The summed E-state index contributed by atoms with van der Waals surface area (Å²) in [5.74, 6) is -0.158. The molecule has 1 aliphatic rings. The molecule has 0 atom stereocenters. The van der Waals surface area contributed by atoms with Crippen LogP contribution in [0.2, 0.25) is 0 Å². The van der Waals surface area contributed by atoms with Gasteiger partial charge in [-0.1, -0.05) is 24.3 Å². The number of ether oxygens (including phenoxy) is 1. The van der Waals surface area contributed by atoms with Crippen LogP contribution >= 0.6 is 0 Å². The second-order valence-corrected chi connectivity index (χ2v) is 7.26. The molecule has 5 rings (SSSR count). The largest absolute Gasteiger partial charge is 0.452 e. The summed E-state index contributed by atoms with van der Waals surface area (Å²) in [7, 11) is 0. The first-order valence-corrected chi connectivity index (χ1v) is 9.86. The van der Waals surface area contributed by atoms with Gasteiger partial charge in [-0.05, 0) is 41.5 Å². The minimum absolute atomic E-state index is 0.0632. The van der Waals surface area contributed by atoms with Gasteiger partial charge in [-0.3, -0.25) is 4.79 Å². The molecule has 4 aromatic rings. The Hall–Kier alpha value is -4.51. The number of halogens is 1. The zero-order chi connectivity index (χ0) is 22.1. The average Bonchev–Trinajstić information content (AvgIpc) is 3.45. The van der Waals surface area contributed by atoms with Crippen molar-refractivity contribution in [3.8, 4) is 23.4 Å². The number of hydrogen-bond acceptors (Lipinski definition) is 5. The molecule has 2 aromatic carbocycles. The van der Waals surface area contributed by atoms with Gasteiger partial charge in [-0.15, -0.1) is 0 Å². The number of nitrogens with zero attached hydrogens (tertiary/aromatic N) is 5. The van der Waals surface area contributed by atoms with Crippen LogP contribution in [0.4, 0.5) is 4.39 Å². The van der Waals surface area contributed by atoms with Crippen molar-refractivity contribution in [2.24, 2.45) is 0 Å². The molecule has 156 valence electrons. The van der Waals surface area contributed by atoms with Crippen molar-refractivity contribution >= 4 is 5.91 Å². The fraction of sp³-hybridized carbons (Fsp3) is 0.0833. The Kier molecular flexibility index (Phi) is 4.84. The number of benzene rings is 2. The molecular weight excluding hydrogens is 409 g/mol. The fourth-order valence-electron chi connectivity index (χ4n) is 3.68. The second kappa shape index (κ2) is 7.96. The molecule has 0 spiro atoms. The molecule has 8 heteroatoms. The summed E-state index contributed by atoms with van der Waals surface area (Å²) in [4.78, 5) is 19.2. The number of pyridine rings is 1. The number of fused-ring (bicyclic) bond motifs is 1. The summed E-state index contributed by atoms with van der Waals surface area (Å²) >= 11 is 0. The fourth-order valence-corrected chi connectivity index (χ4v) is 3.68. The highest BCUT2D eigenvalue weighted by atomic mass is 19.1. The quantitative estimate of drug-likeness (QED) is 0.478.